The summed E-state index contributed by atoms with van der Waals surface area (Å²) in [5, 5.41) is 3.18. The average Bonchev–Trinajstić information content (AvgIpc) is 2.41. The number of anilines is 3. The van der Waals surface area contributed by atoms with Gasteiger partial charge in [-0.1, -0.05) is 6.07 Å². The zero-order valence-corrected chi connectivity index (χ0v) is 11.6. The number of nitrogens with one attached hydrogen (secondary N) is 1. The molecule has 5 N–H and O–H groups in total. The standard InChI is InChI=1S/C14H19N5O/c1-9(2)20-14-10(4-3-7-17-14)8-18-12-6-5-11(15)13(16)19-12/h3-7,9H,8,15H2,1-2H3,(H3,16,18,19). The zero-order valence-electron chi connectivity index (χ0n) is 11.6. The molecule has 0 aliphatic carbocycles. The number of nitrogens with two attached hydrogens (primary N) is 2. The van der Waals surface area contributed by atoms with Crippen molar-refractivity contribution >= 4 is 17.3 Å². The van der Waals surface area contributed by atoms with Crippen LogP contribution < -0.4 is 21.5 Å². The summed E-state index contributed by atoms with van der Waals surface area (Å²) in [5.41, 5.74) is 12.7. The zero-order chi connectivity index (χ0) is 14.5. The first-order valence-corrected chi connectivity index (χ1v) is 6.42. The second kappa shape index (κ2) is 6.10. The maximum Gasteiger partial charge on any atom is 0.218 e. The Labute approximate surface area is 118 Å². The summed E-state index contributed by atoms with van der Waals surface area (Å²) in [4.78, 5) is 8.39. The van der Waals surface area contributed by atoms with Crippen molar-refractivity contribution in [1.29, 1.82) is 0 Å². The first-order chi connectivity index (χ1) is 9.56. The Kier molecular flexibility index (Phi) is 4.24. The van der Waals surface area contributed by atoms with E-state index in [1.807, 2.05) is 26.0 Å². The van der Waals surface area contributed by atoms with Crippen molar-refractivity contribution in [2.24, 2.45) is 0 Å². The Morgan fingerprint density at radius 2 is 2.05 bits per heavy atom. The van der Waals surface area contributed by atoms with Gasteiger partial charge in [-0.3, -0.25) is 0 Å². The molecule has 0 spiro atoms. The van der Waals surface area contributed by atoms with Gasteiger partial charge in [0.1, 0.15) is 11.6 Å². The minimum absolute atomic E-state index is 0.0777. The van der Waals surface area contributed by atoms with Crippen molar-refractivity contribution in [3.8, 4) is 5.88 Å². The largest absolute Gasteiger partial charge is 0.475 e. The summed E-state index contributed by atoms with van der Waals surface area (Å²) in [7, 11) is 0. The predicted octanol–water partition coefficient (Wildman–Crippen LogP) is 2.04. The maximum absolute atomic E-state index is 5.67. The highest BCUT2D eigenvalue weighted by molar-refractivity contribution is 5.61. The lowest BCUT2D eigenvalue weighted by Gasteiger charge is -2.13. The molecule has 0 radical (unpaired) electrons. The number of ether oxygens (including phenoxy) is 1. The van der Waals surface area contributed by atoms with Gasteiger partial charge in [-0.25, -0.2) is 9.97 Å². The fourth-order valence-corrected chi connectivity index (χ4v) is 1.66. The molecule has 0 atom stereocenters. The fourth-order valence-electron chi connectivity index (χ4n) is 1.66. The van der Waals surface area contributed by atoms with E-state index in [1.54, 1.807) is 18.3 Å². The van der Waals surface area contributed by atoms with Gasteiger partial charge in [0.15, 0.2) is 0 Å². The predicted molar refractivity (Wildman–Crippen MR) is 80.4 cm³/mol. The Bertz CT molecular complexity index is 586. The number of pyridine rings is 2. The average molecular weight is 273 g/mol. The monoisotopic (exact) mass is 273 g/mol. The third kappa shape index (κ3) is 3.50. The Balaban J connectivity index is 2.08. The summed E-state index contributed by atoms with van der Waals surface area (Å²) in [6.45, 7) is 4.48. The second-order valence-corrected chi connectivity index (χ2v) is 4.66. The molecular formula is C14H19N5O. The lowest BCUT2D eigenvalue weighted by Crippen LogP contribution is -2.11. The van der Waals surface area contributed by atoms with Crippen LogP contribution in [0.3, 0.4) is 0 Å². The maximum atomic E-state index is 5.67. The Hall–Kier alpha value is -2.50. The number of rotatable bonds is 5. The molecule has 2 heterocycles. The molecule has 0 aliphatic rings. The number of nitrogen functional groups attached to an aromatic ring is 2. The summed E-state index contributed by atoms with van der Waals surface area (Å²) >= 11 is 0. The lowest BCUT2D eigenvalue weighted by atomic mass is 10.2. The first kappa shape index (κ1) is 13.9. The van der Waals surface area contributed by atoms with Crippen LogP contribution in [0.25, 0.3) is 0 Å². The van der Waals surface area contributed by atoms with Crippen molar-refractivity contribution in [3.05, 3.63) is 36.0 Å². The normalized spacial score (nSPS) is 10.6. The van der Waals surface area contributed by atoms with Gasteiger partial charge in [0, 0.05) is 18.3 Å². The second-order valence-electron chi connectivity index (χ2n) is 4.66. The van der Waals surface area contributed by atoms with Crippen LogP contribution >= 0.6 is 0 Å². The van der Waals surface area contributed by atoms with E-state index in [0.29, 0.717) is 29.7 Å². The van der Waals surface area contributed by atoms with E-state index < -0.39 is 0 Å². The number of aromatic nitrogens is 2. The van der Waals surface area contributed by atoms with Crippen LogP contribution in [0.5, 0.6) is 5.88 Å². The summed E-state index contributed by atoms with van der Waals surface area (Å²) in [6, 6.07) is 7.33. The molecule has 0 fully saturated rings. The van der Waals surface area contributed by atoms with Crippen LogP contribution in [0.2, 0.25) is 0 Å². The molecule has 0 aliphatic heterocycles. The highest BCUT2D eigenvalue weighted by Gasteiger charge is 2.07. The minimum Gasteiger partial charge on any atom is -0.475 e. The SMILES string of the molecule is CC(C)Oc1ncccc1CNc1ccc(N)c(N)n1. The molecule has 20 heavy (non-hydrogen) atoms. The van der Waals surface area contributed by atoms with Gasteiger partial charge in [-0.15, -0.1) is 0 Å². The topological polar surface area (TPSA) is 99.1 Å². The first-order valence-electron chi connectivity index (χ1n) is 6.42. The molecule has 6 heteroatoms. The van der Waals surface area contributed by atoms with Crippen LogP contribution in [0.1, 0.15) is 19.4 Å². The van der Waals surface area contributed by atoms with Gasteiger partial charge in [0.05, 0.1) is 11.8 Å². The van der Waals surface area contributed by atoms with Crippen LogP contribution in [-0.2, 0) is 6.54 Å². The minimum atomic E-state index is 0.0777. The van der Waals surface area contributed by atoms with Crippen LogP contribution in [0.4, 0.5) is 17.3 Å². The number of hydrogen-bond acceptors (Lipinski definition) is 6. The van der Waals surface area contributed by atoms with Gasteiger partial charge >= 0.3 is 0 Å². The molecule has 0 amide bonds. The van der Waals surface area contributed by atoms with E-state index in [0.717, 1.165) is 5.56 Å². The molecule has 6 nitrogen and oxygen atoms in total. The summed E-state index contributed by atoms with van der Waals surface area (Å²) < 4.78 is 5.66. The number of hydrogen-bond donors (Lipinski definition) is 3. The van der Waals surface area contributed by atoms with Crippen LogP contribution in [0, 0.1) is 0 Å². The molecule has 2 aromatic rings. The third-order valence-electron chi connectivity index (χ3n) is 2.61. The van der Waals surface area contributed by atoms with Crippen LogP contribution in [-0.4, -0.2) is 16.1 Å². The summed E-state index contributed by atoms with van der Waals surface area (Å²) in [6.07, 6.45) is 1.79. The number of nitrogens with zero attached hydrogens (tertiary/aromatic N) is 2. The molecule has 0 saturated heterocycles. The molecule has 2 rings (SSSR count). The molecule has 0 bridgehead atoms. The highest BCUT2D eigenvalue weighted by atomic mass is 16.5. The highest BCUT2D eigenvalue weighted by Crippen LogP contribution is 2.19. The molecule has 0 unspecified atom stereocenters. The van der Waals surface area contributed by atoms with Crippen molar-refractivity contribution in [2.45, 2.75) is 26.5 Å². The van der Waals surface area contributed by atoms with Crippen molar-refractivity contribution in [2.75, 3.05) is 16.8 Å². The molecular weight excluding hydrogens is 254 g/mol. The van der Waals surface area contributed by atoms with E-state index in [2.05, 4.69) is 15.3 Å². The van der Waals surface area contributed by atoms with Crippen molar-refractivity contribution in [3.63, 3.8) is 0 Å². The van der Waals surface area contributed by atoms with E-state index in [-0.39, 0.29) is 6.10 Å². The van der Waals surface area contributed by atoms with Gasteiger partial charge in [0.2, 0.25) is 5.88 Å². The van der Waals surface area contributed by atoms with E-state index in [9.17, 15) is 0 Å². The van der Waals surface area contributed by atoms with Gasteiger partial charge in [-0.2, -0.15) is 0 Å². The van der Waals surface area contributed by atoms with Crippen molar-refractivity contribution in [1.82, 2.24) is 9.97 Å². The Morgan fingerprint density at radius 3 is 2.75 bits per heavy atom. The smallest absolute Gasteiger partial charge is 0.218 e. The fraction of sp³-hybridized carbons (Fsp3) is 0.286. The van der Waals surface area contributed by atoms with E-state index in [1.165, 1.54) is 0 Å². The van der Waals surface area contributed by atoms with Gasteiger partial charge in [0.25, 0.3) is 0 Å². The van der Waals surface area contributed by atoms with Crippen LogP contribution in [0.15, 0.2) is 30.5 Å². The molecule has 0 saturated carbocycles. The van der Waals surface area contributed by atoms with E-state index in [4.69, 9.17) is 16.2 Å². The van der Waals surface area contributed by atoms with E-state index >= 15 is 0 Å². The summed E-state index contributed by atoms with van der Waals surface area (Å²) in [5.74, 6) is 1.61. The molecule has 0 aromatic carbocycles. The molecule has 106 valence electrons. The van der Waals surface area contributed by atoms with Gasteiger partial charge < -0.3 is 21.5 Å². The quantitative estimate of drug-likeness (QED) is 0.771. The van der Waals surface area contributed by atoms with Crippen molar-refractivity contribution < 1.29 is 4.74 Å². The third-order valence-corrected chi connectivity index (χ3v) is 2.61. The lowest BCUT2D eigenvalue weighted by molar-refractivity contribution is 0.230. The van der Waals surface area contributed by atoms with Gasteiger partial charge in [-0.05, 0) is 32.0 Å². The Morgan fingerprint density at radius 1 is 1.25 bits per heavy atom. The molecule has 2 aromatic heterocycles.